The lowest BCUT2D eigenvalue weighted by Gasteiger charge is -2.32. The predicted molar refractivity (Wildman–Crippen MR) is 54.4 cm³/mol. The fourth-order valence-corrected chi connectivity index (χ4v) is 0.467. The highest BCUT2D eigenvalue weighted by molar-refractivity contribution is 5.85. The van der Waals surface area contributed by atoms with Crippen LogP contribution in [0.15, 0.2) is 0 Å². The van der Waals surface area contributed by atoms with Gasteiger partial charge in [-0.25, -0.2) is 0 Å². The van der Waals surface area contributed by atoms with Gasteiger partial charge in [0.25, 0.3) is 0 Å². The van der Waals surface area contributed by atoms with Crippen LogP contribution in [-0.4, -0.2) is 11.6 Å². The summed E-state index contributed by atoms with van der Waals surface area (Å²) in [5, 5.41) is 2.49. The van der Waals surface area contributed by atoms with E-state index in [0.29, 0.717) is 0 Å². The third-order valence-electron chi connectivity index (χ3n) is 1.89. The Bertz CT molecular complexity index is 255. The molecule has 0 aliphatic carbocycles. The van der Waals surface area contributed by atoms with E-state index in [1.165, 1.54) is 0 Å². The van der Waals surface area contributed by atoms with E-state index in [4.69, 9.17) is 9.60 Å². The van der Waals surface area contributed by atoms with Crippen LogP contribution in [0.2, 0.25) is 0 Å². The van der Waals surface area contributed by atoms with Gasteiger partial charge in [-0.15, -0.1) is 12.4 Å². The molecule has 1 nitrogen and oxygen atoms in total. The number of hydrogen-bond donors (Lipinski definition) is 1. The third kappa shape index (κ3) is 5.51. The molecule has 0 aliphatic rings. The lowest BCUT2D eigenvalue weighted by Crippen LogP contribution is -2.47. The SMILES string of the molecule is Cl.[2H]C([2H])([2H])C([2H])(NC(C)(C)C(C)C)C([2H])([2H])[2H]. The van der Waals surface area contributed by atoms with Crippen molar-refractivity contribution in [3.05, 3.63) is 0 Å². The van der Waals surface area contributed by atoms with Gasteiger partial charge >= 0.3 is 0 Å². The lowest BCUT2D eigenvalue weighted by molar-refractivity contribution is 0.267. The molecule has 0 radical (unpaired) electrons. The molecule has 0 aromatic carbocycles. The second-order valence-corrected chi connectivity index (χ2v) is 3.38. The molecular weight excluding hydrogens is 158 g/mol. The van der Waals surface area contributed by atoms with Crippen LogP contribution in [-0.2, 0) is 0 Å². The van der Waals surface area contributed by atoms with Crippen LogP contribution < -0.4 is 5.32 Å². The Morgan fingerprint density at radius 3 is 2.09 bits per heavy atom. The quantitative estimate of drug-likeness (QED) is 0.715. The van der Waals surface area contributed by atoms with E-state index in [-0.39, 0.29) is 18.3 Å². The molecule has 70 valence electrons. The summed E-state index contributed by atoms with van der Waals surface area (Å²) in [5.74, 6) is -0.00285. The van der Waals surface area contributed by atoms with Crippen molar-refractivity contribution in [2.24, 2.45) is 5.92 Å². The first-order valence-corrected chi connectivity index (χ1v) is 3.44. The van der Waals surface area contributed by atoms with Gasteiger partial charge in [0.15, 0.2) is 0 Å². The molecule has 0 atom stereocenters. The number of hydrogen-bond acceptors (Lipinski definition) is 1. The summed E-state index contributed by atoms with van der Waals surface area (Å²) in [6, 6.07) is -2.66. The fraction of sp³-hybridized carbons (Fsp3) is 1.00. The highest BCUT2D eigenvalue weighted by Crippen LogP contribution is 2.15. The van der Waals surface area contributed by atoms with Crippen LogP contribution in [0.25, 0.3) is 0 Å². The monoisotopic (exact) mass is 186 g/mol. The van der Waals surface area contributed by atoms with E-state index >= 15 is 0 Å². The zero-order chi connectivity index (χ0) is 14.3. The summed E-state index contributed by atoms with van der Waals surface area (Å²) in [6.07, 6.45) is 0. The van der Waals surface area contributed by atoms with Crippen LogP contribution in [0.1, 0.15) is 51.0 Å². The molecule has 2 heteroatoms. The second-order valence-electron chi connectivity index (χ2n) is 3.38. The average Bonchev–Trinajstić information content (AvgIpc) is 1.98. The van der Waals surface area contributed by atoms with E-state index in [2.05, 4.69) is 5.32 Å². The summed E-state index contributed by atoms with van der Waals surface area (Å²) in [5.41, 5.74) is -0.759. The van der Waals surface area contributed by atoms with Crippen molar-refractivity contribution < 1.29 is 9.60 Å². The predicted octanol–water partition coefficient (Wildman–Crippen LogP) is 2.84. The molecule has 11 heavy (non-hydrogen) atoms. The molecule has 0 aromatic heterocycles. The first-order valence-electron chi connectivity index (χ1n) is 6.94. The minimum atomic E-state index is -2.93. The maximum absolute atomic E-state index is 7.84. The van der Waals surface area contributed by atoms with Gasteiger partial charge in [0.1, 0.15) is 0 Å². The first-order chi connectivity index (χ1) is 7.15. The van der Waals surface area contributed by atoms with E-state index in [1.807, 2.05) is 13.8 Å². The topological polar surface area (TPSA) is 12.0 Å². The Morgan fingerprint density at radius 1 is 1.36 bits per heavy atom. The van der Waals surface area contributed by atoms with Crippen molar-refractivity contribution in [3.8, 4) is 0 Å². The highest BCUT2D eigenvalue weighted by atomic mass is 35.5. The van der Waals surface area contributed by atoms with Crippen LogP contribution in [0.5, 0.6) is 0 Å². The van der Waals surface area contributed by atoms with Crippen molar-refractivity contribution >= 4 is 12.4 Å². The molecule has 0 saturated carbocycles. The molecule has 0 amide bonds. The maximum Gasteiger partial charge on any atom is 0.0459 e. The lowest BCUT2D eigenvalue weighted by atomic mass is 9.90. The minimum absolute atomic E-state index is 0. The molecule has 0 saturated heterocycles. The maximum atomic E-state index is 7.84. The normalized spacial score (nSPS) is 24.6. The summed E-state index contributed by atoms with van der Waals surface area (Å²) in [7, 11) is 0. The summed E-state index contributed by atoms with van der Waals surface area (Å²) < 4.78 is 51.6. The summed E-state index contributed by atoms with van der Waals surface area (Å²) in [4.78, 5) is 0. The molecule has 0 aliphatic heterocycles. The van der Waals surface area contributed by atoms with Crippen LogP contribution in [0.3, 0.4) is 0 Å². The smallest absolute Gasteiger partial charge is 0.0459 e. The highest BCUT2D eigenvalue weighted by Gasteiger charge is 2.21. The van der Waals surface area contributed by atoms with Gasteiger partial charge in [-0.2, -0.15) is 0 Å². The molecular formula is C9H22ClN. The van der Waals surface area contributed by atoms with Gasteiger partial charge in [-0.1, -0.05) is 27.6 Å². The number of rotatable bonds is 3. The van der Waals surface area contributed by atoms with Crippen molar-refractivity contribution in [1.29, 1.82) is 0 Å². The Labute approximate surface area is 87.2 Å². The Morgan fingerprint density at radius 2 is 1.82 bits per heavy atom. The number of nitrogens with one attached hydrogen (secondary N) is 1. The second kappa shape index (κ2) is 5.00. The largest absolute Gasteiger partial charge is 0.309 e. The van der Waals surface area contributed by atoms with Gasteiger partial charge in [0, 0.05) is 21.2 Å². The zero-order valence-corrected chi connectivity index (χ0v) is 8.30. The molecule has 0 spiro atoms. The molecule has 0 aromatic rings. The first kappa shape index (κ1) is 4.48. The summed E-state index contributed by atoms with van der Waals surface area (Å²) in [6.45, 7) is 1.21. The standard InChI is InChI=1S/C9H21N.ClH/c1-7(2)9(5,6)10-8(3)4;/h7-8,10H,1-6H3;1H/i3D3,4D3,8D;. The molecule has 0 bridgehead atoms. The molecule has 0 fully saturated rings. The molecule has 0 rings (SSSR count). The fourth-order valence-electron chi connectivity index (χ4n) is 0.467. The minimum Gasteiger partial charge on any atom is -0.309 e. The number of halogens is 1. The van der Waals surface area contributed by atoms with E-state index in [1.54, 1.807) is 13.8 Å². The molecule has 0 heterocycles. The Kier molecular flexibility index (Phi) is 2.03. The van der Waals surface area contributed by atoms with Gasteiger partial charge < -0.3 is 5.32 Å². The van der Waals surface area contributed by atoms with Crippen LogP contribution >= 0.6 is 12.4 Å². The average molecular weight is 187 g/mol. The van der Waals surface area contributed by atoms with Crippen molar-refractivity contribution in [1.82, 2.24) is 5.32 Å². The van der Waals surface area contributed by atoms with Gasteiger partial charge in [-0.05, 0) is 19.8 Å². The van der Waals surface area contributed by atoms with E-state index in [0.717, 1.165) is 0 Å². The van der Waals surface area contributed by atoms with Gasteiger partial charge in [0.05, 0.1) is 0 Å². The van der Waals surface area contributed by atoms with Crippen LogP contribution in [0.4, 0.5) is 0 Å². The van der Waals surface area contributed by atoms with E-state index in [9.17, 15) is 0 Å². The summed E-state index contributed by atoms with van der Waals surface area (Å²) >= 11 is 0. The third-order valence-corrected chi connectivity index (χ3v) is 1.89. The molecule has 0 unspecified atom stereocenters. The van der Waals surface area contributed by atoms with E-state index < -0.39 is 25.3 Å². The van der Waals surface area contributed by atoms with Crippen molar-refractivity contribution in [3.63, 3.8) is 0 Å². The van der Waals surface area contributed by atoms with Gasteiger partial charge in [-0.3, -0.25) is 0 Å². The van der Waals surface area contributed by atoms with Crippen LogP contribution in [0, 0.1) is 5.92 Å². The van der Waals surface area contributed by atoms with Crippen molar-refractivity contribution in [2.75, 3.05) is 0 Å². The molecule has 1 N–H and O–H groups in total. The Hall–Kier alpha value is 0.250. The Balaban J connectivity index is 0. The van der Waals surface area contributed by atoms with Crippen molar-refractivity contribution in [2.45, 2.75) is 53.0 Å². The zero-order valence-electron chi connectivity index (χ0n) is 14.5. The van der Waals surface area contributed by atoms with Gasteiger partial charge in [0.2, 0.25) is 0 Å².